The van der Waals surface area contributed by atoms with Gasteiger partial charge >= 0.3 is 0 Å². The number of rotatable bonds is 3. The summed E-state index contributed by atoms with van der Waals surface area (Å²) < 4.78 is 0. The van der Waals surface area contributed by atoms with Crippen LogP contribution in [0.5, 0.6) is 0 Å². The molecule has 1 aromatic carbocycles. The van der Waals surface area contributed by atoms with E-state index in [4.69, 9.17) is 11.6 Å². The van der Waals surface area contributed by atoms with Crippen LogP contribution in [0.2, 0.25) is 5.02 Å². The van der Waals surface area contributed by atoms with Gasteiger partial charge in [-0.3, -0.25) is 14.9 Å². The van der Waals surface area contributed by atoms with E-state index in [0.29, 0.717) is 6.42 Å². The Balaban J connectivity index is 3.33. The van der Waals surface area contributed by atoms with Gasteiger partial charge in [0.1, 0.15) is 5.69 Å². The van der Waals surface area contributed by atoms with Crippen molar-refractivity contribution in [3.63, 3.8) is 0 Å². The Morgan fingerprint density at radius 2 is 2.19 bits per heavy atom. The van der Waals surface area contributed by atoms with E-state index in [9.17, 15) is 14.9 Å². The Kier molecular flexibility index (Phi) is 3.84. The van der Waals surface area contributed by atoms with Gasteiger partial charge < -0.3 is 5.32 Å². The topological polar surface area (TPSA) is 72.2 Å². The predicted octanol–water partition coefficient (Wildman–Crippen LogP) is 2.77. The average Bonchev–Trinajstić information content (AvgIpc) is 2.19. The molecule has 86 valence electrons. The van der Waals surface area contributed by atoms with Gasteiger partial charge in [0.25, 0.3) is 5.69 Å². The molecule has 0 unspecified atom stereocenters. The summed E-state index contributed by atoms with van der Waals surface area (Å²) in [6.07, 6.45) is 0.640. The highest BCUT2D eigenvalue weighted by molar-refractivity contribution is 6.34. The van der Waals surface area contributed by atoms with E-state index in [1.54, 1.807) is 6.07 Å². The standard InChI is InChI=1S/C10H11ClN2O3/c1-3-7-4-8(11)10(12-6(2)14)9(5-7)13(15)16/h4-5H,3H2,1-2H3,(H,12,14). The second-order valence-corrected chi connectivity index (χ2v) is 3.67. The number of amides is 1. The molecule has 0 aliphatic carbocycles. The molecule has 0 atom stereocenters. The fourth-order valence-corrected chi connectivity index (χ4v) is 1.58. The molecule has 0 spiro atoms. The van der Waals surface area contributed by atoms with Crippen molar-refractivity contribution in [2.75, 3.05) is 5.32 Å². The zero-order valence-electron chi connectivity index (χ0n) is 8.91. The maximum absolute atomic E-state index is 10.9. The Hall–Kier alpha value is -1.62. The van der Waals surface area contributed by atoms with E-state index in [1.165, 1.54) is 13.0 Å². The van der Waals surface area contributed by atoms with Crippen LogP contribution in [0.25, 0.3) is 0 Å². The molecule has 1 N–H and O–H groups in total. The molecule has 16 heavy (non-hydrogen) atoms. The summed E-state index contributed by atoms with van der Waals surface area (Å²) in [5.74, 6) is -0.394. The molecule has 0 radical (unpaired) electrons. The van der Waals surface area contributed by atoms with Gasteiger partial charge in [0.2, 0.25) is 5.91 Å². The summed E-state index contributed by atoms with van der Waals surface area (Å²) >= 11 is 5.88. The molecule has 0 saturated carbocycles. The molecule has 1 amide bonds. The molecule has 0 aliphatic rings. The van der Waals surface area contributed by atoms with Gasteiger partial charge in [-0.25, -0.2) is 0 Å². The van der Waals surface area contributed by atoms with Crippen LogP contribution in [-0.2, 0) is 11.2 Å². The number of halogens is 1. The maximum Gasteiger partial charge on any atom is 0.294 e. The van der Waals surface area contributed by atoms with Crippen LogP contribution in [0.1, 0.15) is 19.4 Å². The molecule has 0 heterocycles. The smallest absolute Gasteiger partial charge is 0.294 e. The Morgan fingerprint density at radius 1 is 1.56 bits per heavy atom. The fraction of sp³-hybridized carbons (Fsp3) is 0.300. The van der Waals surface area contributed by atoms with Crippen LogP contribution in [0.15, 0.2) is 12.1 Å². The van der Waals surface area contributed by atoms with E-state index in [1.807, 2.05) is 6.92 Å². The van der Waals surface area contributed by atoms with E-state index >= 15 is 0 Å². The van der Waals surface area contributed by atoms with Crippen molar-refractivity contribution in [1.29, 1.82) is 0 Å². The Morgan fingerprint density at radius 3 is 2.62 bits per heavy atom. The van der Waals surface area contributed by atoms with Crippen molar-refractivity contribution in [1.82, 2.24) is 0 Å². The monoisotopic (exact) mass is 242 g/mol. The summed E-state index contributed by atoms with van der Waals surface area (Å²) in [5.41, 5.74) is 0.627. The number of benzene rings is 1. The lowest BCUT2D eigenvalue weighted by molar-refractivity contribution is -0.384. The van der Waals surface area contributed by atoms with Gasteiger partial charge in [-0.2, -0.15) is 0 Å². The molecule has 0 aliphatic heterocycles. The SMILES string of the molecule is CCc1cc(Cl)c(NC(C)=O)c([N+](=O)[O-])c1. The van der Waals surface area contributed by atoms with Crippen molar-refractivity contribution in [2.24, 2.45) is 0 Å². The third kappa shape index (κ3) is 2.70. The van der Waals surface area contributed by atoms with Crippen LogP contribution >= 0.6 is 11.6 Å². The van der Waals surface area contributed by atoms with Gasteiger partial charge in [-0.05, 0) is 18.1 Å². The number of carbonyl (C=O) groups excluding carboxylic acids is 1. The second-order valence-electron chi connectivity index (χ2n) is 3.26. The van der Waals surface area contributed by atoms with Gasteiger partial charge in [0.15, 0.2) is 0 Å². The first-order valence-electron chi connectivity index (χ1n) is 4.70. The lowest BCUT2D eigenvalue weighted by atomic mass is 10.1. The summed E-state index contributed by atoms with van der Waals surface area (Å²) in [7, 11) is 0. The van der Waals surface area contributed by atoms with Crippen LogP contribution in [0.4, 0.5) is 11.4 Å². The van der Waals surface area contributed by atoms with Gasteiger partial charge in [-0.15, -0.1) is 0 Å². The third-order valence-electron chi connectivity index (χ3n) is 2.04. The second kappa shape index (κ2) is 4.94. The minimum atomic E-state index is -0.559. The zero-order chi connectivity index (χ0) is 12.3. The third-order valence-corrected chi connectivity index (χ3v) is 2.33. The number of anilines is 1. The van der Waals surface area contributed by atoms with Crippen molar-refractivity contribution in [3.05, 3.63) is 32.8 Å². The molecule has 0 aromatic heterocycles. The average molecular weight is 243 g/mol. The molecule has 6 heteroatoms. The molecule has 0 saturated heterocycles. The van der Waals surface area contributed by atoms with Crippen molar-refractivity contribution in [2.45, 2.75) is 20.3 Å². The van der Waals surface area contributed by atoms with Crippen LogP contribution < -0.4 is 5.32 Å². The van der Waals surface area contributed by atoms with Crippen LogP contribution in [-0.4, -0.2) is 10.8 Å². The largest absolute Gasteiger partial charge is 0.319 e. The van der Waals surface area contributed by atoms with Crippen LogP contribution in [0.3, 0.4) is 0 Å². The highest BCUT2D eigenvalue weighted by Crippen LogP contribution is 2.33. The summed E-state index contributed by atoms with van der Waals surface area (Å²) in [6.45, 7) is 3.14. The van der Waals surface area contributed by atoms with Crippen molar-refractivity contribution >= 4 is 28.9 Å². The highest BCUT2D eigenvalue weighted by atomic mass is 35.5. The number of nitrogens with one attached hydrogen (secondary N) is 1. The first-order chi connectivity index (χ1) is 7.45. The van der Waals surface area contributed by atoms with Crippen LogP contribution in [0, 0.1) is 10.1 Å². The first-order valence-corrected chi connectivity index (χ1v) is 5.08. The van der Waals surface area contributed by atoms with Gasteiger partial charge in [-0.1, -0.05) is 18.5 Å². The summed E-state index contributed by atoms with van der Waals surface area (Å²) in [5, 5.41) is 13.4. The van der Waals surface area contributed by atoms with E-state index in [-0.39, 0.29) is 16.4 Å². The van der Waals surface area contributed by atoms with Crippen molar-refractivity contribution in [3.8, 4) is 0 Å². The molecule has 5 nitrogen and oxygen atoms in total. The Labute approximate surface area is 97.6 Å². The molecule has 0 fully saturated rings. The lowest BCUT2D eigenvalue weighted by Gasteiger charge is -2.07. The quantitative estimate of drug-likeness (QED) is 0.654. The fourth-order valence-electron chi connectivity index (χ4n) is 1.29. The molecule has 0 bridgehead atoms. The highest BCUT2D eigenvalue weighted by Gasteiger charge is 2.19. The molecule has 1 aromatic rings. The molecular weight excluding hydrogens is 232 g/mol. The number of hydrogen-bond donors (Lipinski definition) is 1. The Bertz CT molecular complexity index is 446. The number of carbonyl (C=O) groups is 1. The lowest BCUT2D eigenvalue weighted by Crippen LogP contribution is -2.09. The molecule has 1 rings (SSSR count). The van der Waals surface area contributed by atoms with E-state index in [0.717, 1.165) is 5.56 Å². The number of hydrogen-bond acceptors (Lipinski definition) is 3. The number of aryl methyl sites for hydroxylation is 1. The minimum Gasteiger partial charge on any atom is -0.319 e. The van der Waals surface area contributed by atoms with Gasteiger partial charge in [0, 0.05) is 13.0 Å². The maximum atomic E-state index is 10.9. The number of nitrogens with zero attached hydrogens (tertiary/aromatic N) is 1. The first kappa shape index (κ1) is 12.4. The van der Waals surface area contributed by atoms with Gasteiger partial charge in [0.05, 0.1) is 9.95 Å². The zero-order valence-corrected chi connectivity index (χ0v) is 9.67. The van der Waals surface area contributed by atoms with Crippen molar-refractivity contribution < 1.29 is 9.72 Å². The van der Waals surface area contributed by atoms with E-state index in [2.05, 4.69) is 5.32 Å². The summed E-state index contributed by atoms with van der Waals surface area (Å²) in [4.78, 5) is 21.2. The number of nitro groups is 1. The normalized spacial score (nSPS) is 9.94. The molecular formula is C10H11ClN2O3. The predicted molar refractivity (Wildman–Crippen MR) is 61.8 cm³/mol. The minimum absolute atomic E-state index is 0.0522. The van der Waals surface area contributed by atoms with E-state index < -0.39 is 10.8 Å². The summed E-state index contributed by atoms with van der Waals surface area (Å²) in [6, 6.07) is 3.02. The number of nitro benzene ring substituents is 1.